The van der Waals surface area contributed by atoms with Crippen LogP contribution >= 0.6 is 0 Å². The zero-order chi connectivity index (χ0) is 5.82. The van der Waals surface area contributed by atoms with Gasteiger partial charge in [-0.05, 0) is 18.8 Å². The smallest absolute Gasteiger partial charge is 0.0412 e. The Morgan fingerprint density at radius 1 is 1.38 bits per heavy atom. The average molecular weight is 111 g/mol. The molecular formula is C8H15. The molecule has 0 unspecified atom stereocenters. The number of hydrogen-bond acceptors (Lipinski definition) is 0. The van der Waals surface area contributed by atoms with E-state index >= 15 is 0 Å². The van der Waals surface area contributed by atoms with Gasteiger partial charge in [0.1, 0.15) is 0 Å². The van der Waals surface area contributed by atoms with Crippen LogP contribution < -0.4 is 0 Å². The quantitative estimate of drug-likeness (QED) is 0.514. The van der Waals surface area contributed by atoms with Gasteiger partial charge in [0, 0.05) is 0 Å². The fourth-order valence-corrected chi connectivity index (χ4v) is 1.58. The highest BCUT2D eigenvalue weighted by Gasteiger charge is 2.12. The van der Waals surface area contributed by atoms with Gasteiger partial charge in [-0.15, -0.1) is 0 Å². The lowest BCUT2D eigenvalue weighted by molar-refractivity contribution is 0.541. The van der Waals surface area contributed by atoms with Crippen molar-refractivity contribution in [3.8, 4) is 0 Å². The molecule has 8 heavy (non-hydrogen) atoms. The van der Waals surface area contributed by atoms with E-state index in [0.29, 0.717) is 0 Å². The Hall–Kier alpha value is 0. The SMILES string of the molecule is C[CH]CC1CCCC1. The van der Waals surface area contributed by atoms with Gasteiger partial charge < -0.3 is 0 Å². The van der Waals surface area contributed by atoms with E-state index in [0.717, 1.165) is 5.92 Å². The van der Waals surface area contributed by atoms with Crippen LogP contribution in [0.25, 0.3) is 0 Å². The second kappa shape index (κ2) is 3.11. The molecule has 0 aromatic carbocycles. The van der Waals surface area contributed by atoms with E-state index in [1.165, 1.54) is 32.1 Å². The Balaban J connectivity index is 2.06. The van der Waals surface area contributed by atoms with Gasteiger partial charge in [-0.3, -0.25) is 0 Å². The molecule has 0 aromatic heterocycles. The van der Waals surface area contributed by atoms with Gasteiger partial charge in [0.25, 0.3) is 0 Å². The first-order valence-corrected chi connectivity index (χ1v) is 3.71. The van der Waals surface area contributed by atoms with Crippen molar-refractivity contribution in [3.05, 3.63) is 6.42 Å². The maximum Gasteiger partial charge on any atom is -0.0412 e. The molecule has 1 radical (unpaired) electrons. The highest BCUT2D eigenvalue weighted by molar-refractivity contribution is 4.71. The Morgan fingerprint density at radius 2 is 2.00 bits per heavy atom. The van der Waals surface area contributed by atoms with Gasteiger partial charge in [0.2, 0.25) is 0 Å². The molecule has 0 aliphatic heterocycles. The highest BCUT2D eigenvalue weighted by Crippen LogP contribution is 2.27. The second-order valence-electron chi connectivity index (χ2n) is 2.79. The Morgan fingerprint density at radius 3 is 2.50 bits per heavy atom. The van der Waals surface area contributed by atoms with Gasteiger partial charge >= 0.3 is 0 Å². The summed E-state index contributed by atoms with van der Waals surface area (Å²) in [6.07, 6.45) is 9.61. The minimum absolute atomic E-state index is 1.06. The van der Waals surface area contributed by atoms with Crippen LogP contribution in [0.15, 0.2) is 0 Å². The summed E-state index contributed by atoms with van der Waals surface area (Å²) in [6, 6.07) is 0. The normalized spacial score (nSPS) is 22.1. The maximum atomic E-state index is 2.30. The molecule has 1 fully saturated rings. The molecule has 1 rings (SSSR count). The largest absolute Gasteiger partial charge is 0.0622 e. The van der Waals surface area contributed by atoms with Crippen molar-refractivity contribution in [2.45, 2.75) is 39.0 Å². The zero-order valence-corrected chi connectivity index (χ0v) is 5.69. The van der Waals surface area contributed by atoms with Crippen molar-refractivity contribution < 1.29 is 0 Å². The molecular weight excluding hydrogens is 96.1 g/mol. The summed E-state index contributed by atoms with van der Waals surface area (Å²) in [5.74, 6) is 1.06. The fourth-order valence-electron chi connectivity index (χ4n) is 1.58. The highest BCUT2D eigenvalue weighted by atomic mass is 14.2. The Kier molecular flexibility index (Phi) is 2.38. The van der Waals surface area contributed by atoms with Crippen molar-refractivity contribution in [1.82, 2.24) is 0 Å². The van der Waals surface area contributed by atoms with Crippen molar-refractivity contribution in [1.29, 1.82) is 0 Å². The van der Waals surface area contributed by atoms with Crippen LogP contribution in [0.5, 0.6) is 0 Å². The van der Waals surface area contributed by atoms with E-state index in [2.05, 4.69) is 13.3 Å². The molecule has 0 aromatic rings. The van der Waals surface area contributed by atoms with Crippen molar-refractivity contribution in [2.24, 2.45) is 5.92 Å². The summed E-state index contributed by atoms with van der Waals surface area (Å²) in [6.45, 7) is 2.16. The summed E-state index contributed by atoms with van der Waals surface area (Å²) in [4.78, 5) is 0. The molecule has 0 spiro atoms. The van der Waals surface area contributed by atoms with E-state index in [9.17, 15) is 0 Å². The summed E-state index contributed by atoms with van der Waals surface area (Å²) < 4.78 is 0. The molecule has 0 heteroatoms. The summed E-state index contributed by atoms with van der Waals surface area (Å²) in [5, 5.41) is 0. The molecule has 0 amide bonds. The van der Waals surface area contributed by atoms with E-state index in [4.69, 9.17) is 0 Å². The van der Waals surface area contributed by atoms with Crippen molar-refractivity contribution >= 4 is 0 Å². The average Bonchev–Trinajstić information content (AvgIpc) is 2.19. The lowest BCUT2D eigenvalue weighted by Gasteiger charge is -2.03. The van der Waals surface area contributed by atoms with E-state index in [1.54, 1.807) is 0 Å². The molecule has 1 saturated carbocycles. The standard InChI is InChI=1S/C8H15/c1-2-5-8-6-3-4-7-8/h2,8H,3-7H2,1H3. The van der Waals surface area contributed by atoms with Gasteiger partial charge in [0.15, 0.2) is 0 Å². The topological polar surface area (TPSA) is 0 Å². The first kappa shape index (κ1) is 6.12. The predicted molar refractivity (Wildman–Crippen MR) is 36.5 cm³/mol. The lowest BCUT2D eigenvalue weighted by Crippen LogP contribution is -1.90. The predicted octanol–water partition coefficient (Wildman–Crippen LogP) is 2.79. The number of hydrogen-bond donors (Lipinski definition) is 0. The molecule has 1 aliphatic rings. The molecule has 0 bridgehead atoms. The number of rotatable bonds is 2. The van der Waals surface area contributed by atoms with Crippen LogP contribution in [0.3, 0.4) is 0 Å². The third kappa shape index (κ3) is 1.50. The second-order valence-corrected chi connectivity index (χ2v) is 2.79. The van der Waals surface area contributed by atoms with Crippen LogP contribution in [0.1, 0.15) is 39.0 Å². The zero-order valence-electron chi connectivity index (χ0n) is 5.69. The van der Waals surface area contributed by atoms with E-state index in [-0.39, 0.29) is 0 Å². The third-order valence-electron chi connectivity index (χ3n) is 2.04. The Bertz CT molecular complexity index is 51.1. The Labute approximate surface area is 52.3 Å². The van der Waals surface area contributed by atoms with Gasteiger partial charge in [-0.2, -0.15) is 0 Å². The third-order valence-corrected chi connectivity index (χ3v) is 2.04. The van der Waals surface area contributed by atoms with Crippen LogP contribution in [-0.2, 0) is 0 Å². The van der Waals surface area contributed by atoms with Gasteiger partial charge in [-0.25, -0.2) is 0 Å². The van der Waals surface area contributed by atoms with Crippen LogP contribution in [-0.4, -0.2) is 0 Å². The lowest BCUT2D eigenvalue weighted by atomic mass is 10.0. The minimum atomic E-state index is 1.06. The van der Waals surface area contributed by atoms with Gasteiger partial charge in [-0.1, -0.05) is 32.6 Å². The van der Waals surface area contributed by atoms with Crippen molar-refractivity contribution in [2.75, 3.05) is 0 Å². The summed E-state index contributed by atoms with van der Waals surface area (Å²) >= 11 is 0. The molecule has 1 aliphatic carbocycles. The van der Waals surface area contributed by atoms with Crippen LogP contribution in [0.4, 0.5) is 0 Å². The maximum absolute atomic E-state index is 2.30. The molecule has 0 heterocycles. The summed E-state index contributed by atoms with van der Waals surface area (Å²) in [7, 11) is 0. The molecule has 0 atom stereocenters. The monoisotopic (exact) mass is 111 g/mol. The first-order chi connectivity index (χ1) is 3.93. The van der Waals surface area contributed by atoms with Crippen LogP contribution in [0.2, 0.25) is 0 Å². The first-order valence-electron chi connectivity index (χ1n) is 3.71. The molecule has 0 N–H and O–H groups in total. The molecule has 0 nitrogen and oxygen atoms in total. The van der Waals surface area contributed by atoms with E-state index in [1.807, 2.05) is 0 Å². The van der Waals surface area contributed by atoms with Gasteiger partial charge in [0.05, 0.1) is 0 Å². The molecule has 47 valence electrons. The minimum Gasteiger partial charge on any atom is -0.0622 e. The van der Waals surface area contributed by atoms with E-state index < -0.39 is 0 Å². The van der Waals surface area contributed by atoms with Crippen molar-refractivity contribution in [3.63, 3.8) is 0 Å². The van der Waals surface area contributed by atoms with Crippen LogP contribution in [0, 0.1) is 12.3 Å². The summed E-state index contributed by atoms with van der Waals surface area (Å²) in [5.41, 5.74) is 0. The molecule has 0 saturated heterocycles. The fraction of sp³-hybridized carbons (Fsp3) is 0.875.